The summed E-state index contributed by atoms with van der Waals surface area (Å²) in [7, 11) is -4.02. The third kappa shape index (κ3) is 14.3. The van der Waals surface area contributed by atoms with Gasteiger partial charge in [0.05, 0.1) is 37.6 Å². The smallest absolute Gasteiger partial charge is 0.373 e. The van der Waals surface area contributed by atoms with Gasteiger partial charge in [-0.15, -0.1) is 0 Å². The molecule has 0 bridgehead atoms. The van der Waals surface area contributed by atoms with Crippen LogP contribution in [0.3, 0.4) is 0 Å². The summed E-state index contributed by atoms with van der Waals surface area (Å²) in [6.45, 7) is 11.8. The lowest BCUT2D eigenvalue weighted by Crippen LogP contribution is -2.22. The lowest BCUT2D eigenvalue weighted by atomic mass is 10.2. The van der Waals surface area contributed by atoms with Crippen LogP contribution in [0.4, 0.5) is 0 Å². The molecule has 7 heteroatoms. The predicted molar refractivity (Wildman–Crippen MR) is 73.1 cm³/mol. The Morgan fingerprint density at radius 3 is 1.37 bits per heavy atom. The van der Waals surface area contributed by atoms with Gasteiger partial charge in [0.1, 0.15) is 0 Å². The minimum Gasteiger partial charge on any atom is -0.373 e. The second kappa shape index (κ2) is 7.72. The van der Waals surface area contributed by atoms with Gasteiger partial charge >= 0.3 is 7.82 Å². The highest BCUT2D eigenvalue weighted by molar-refractivity contribution is 7.47. The molecule has 0 aliphatic carbocycles. The van der Waals surface area contributed by atoms with Crippen LogP contribution >= 0.6 is 7.82 Å². The molecule has 6 nitrogen and oxygen atoms in total. The second-order valence-corrected chi connectivity index (χ2v) is 7.51. The van der Waals surface area contributed by atoms with Crippen molar-refractivity contribution < 1.29 is 28.0 Å². The van der Waals surface area contributed by atoms with Crippen LogP contribution in [0.15, 0.2) is 0 Å². The molecule has 0 unspecified atom stereocenters. The molecule has 0 aliphatic heterocycles. The molecule has 0 amide bonds. The van der Waals surface area contributed by atoms with Gasteiger partial charge in [0.25, 0.3) is 0 Å². The molecule has 0 saturated heterocycles. The molecule has 0 aliphatic rings. The van der Waals surface area contributed by atoms with Gasteiger partial charge in [-0.2, -0.15) is 0 Å². The van der Waals surface area contributed by atoms with Gasteiger partial charge in [-0.25, -0.2) is 4.57 Å². The SMILES string of the molecule is CC(C)(C)OCCOP(=O)(O)OCCOC(C)(C)C. The van der Waals surface area contributed by atoms with Gasteiger partial charge in [-0.3, -0.25) is 9.05 Å². The molecule has 0 aromatic rings. The van der Waals surface area contributed by atoms with Crippen LogP contribution in [0.5, 0.6) is 0 Å². The van der Waals surface area contributed by atoms with E-state index in [0.29, 0.717) is 0 Å². The average molecular weight is 298 g/mol. The largest absolute Gasteiger partial charge is 0.472 e. The van der Waals surface area contributed by atoms with E-state index in [1.54, 1.807) is 0 Å². The van der Waals surface area contributed by atoms with E-state index in [9.17, 15) is 9.46 Å². The summed E-state index contributed by atoms with van der Waals surface area (Å²) in [5.41, 5.74) is -0.603. The van der Waals surface area contributed by atoms with Gasteiger partial charge in [-0.1, -0.05) is 0 Å². The molecule has 0 atom stereocenters. The van der Waals surface area contributed by atoms with E-state index >= 15 is 0 Å². The summed E-state index contributed by atoms with van der Waals surface area (Å²) in [6.07, 6.45) is 0. The molecule has 1 N–H and O–H groups in total. The molecule has 0 radical (unpaired) electrons. The van der Waals surface area contributed by atoms with Crippen molar-refractivity contribution in [2.75, 3.05) is 26.4 Å². The first-order valence-corrected chi connectivity index (χ1v) is 7.81. The molecule has 0 fully saturated rings. The maximum absolute atomic E-state index is 11.5. The van der Waals surface area contributed by atoms with Gasteiger partial charge < -0.3 is 14.4 Å². The van der Waals surface area contributed by atoms with Crippen molar-refractivity contribution in [2.24, 2.45) is 0 Å². The zero-order valence-electron chi connectivity index (χ0n) is 12.8. The van der Waals surface area contributed by atoms with Crippen LogP contribution in [0.2, 0.25) is 0 Å². The van der Waals surface area contributed by atoms with E-state index < -0.39 is 7.82 Å². The summed E-state index contributed by atoms with van der Waals surface area (Å²) >= 11 is 0. The average Bonchev–Trinajstić information content (AvgIpc) is 2.17. The fourth-order valence-corrected chi connectivity index (χ4v) is 1.72. The Kier molecular flexibility index (Phi) is 7.73. The Morgan fingerprint density at radius 1 is 0.789 bits per heavy atom. The number of hydrogen-bond donors (Lipinski definition) is 1. The first kappa shape index (κ1) is 19.0. The van der Waals surface area contributed by atoms with E-state index in [4.69, 9.17) is 18.5 Å². The van der Waals surface area contributed by atoms with Crippen molar-refractivity contribution in [1.82, 2.24) is 0 Å². The summed E-state index contributed by atoms with van der Waals surface area (Å²) in [5, 5.41) is 0. The minimum atomic E-state index is -4.02. The molecule has 0 rings (SSSR count). The Hall–Kier alpha value is 0.0300. The zero-order chi connectivity index (χ0) is 15.2. The molecule has 0 aromatic heterocycles. The van der Waals surface area contributed by atoms with Crippen LogP contribution in [0, 0.1) is 0 Å². The van der Waals surface area contributed by atoms with Crippen molar-refractivity contribution >= 4 is 7.82 Å². The summed E-state index contributed by atoms with van der Waals surface area (Å²) in [6, 6.07) is 0. The van der Waals surface area contributed by atoms with E-state index in [0.717, 1.165) is 0 Å². The molecular formula is C12H27O6P. The van der Waals surface area contributed by atoms with E-state index in [1.807, 2.05) is 41.5 Å². The Morgan fingerprint density at radius 2 is 1.11 bits per heavy atom. The molecular weight excluding hydrogens is 271 g/mol. The molecule has 0 spiro atoms. The van der Waals surface area contributed by atoms with Crippen LogP contribution in [0.25, 0.3) is 0 Å². The summed E-state index contributed by atoms with van der Waals surface area (Å²) < 4.78 is 31.7. The topological polar surface area (TPSA) is 74.2 Å². The number of ether oxygens (including phenoxy) is 2. The van der Waals surface area contributed by atoms with E-state index in [-0.39, 0.29) is 37.6 Å². The number of hydrogen-bond acceptors (Lipinski definition) is 5. The van der Waals surface area contributed by atoms with Crippen molar-refractivity contribution in [1.29, 1.82) is 0 Å². The molecule has 0 heterocycles. The quantitative estimate of drug-likeness (QED) is 0.548. The monoisotopic (exact) mass is 298 g/mol. The number of phosphoric ester groups is 1. The third-order valence-corrected chi connectivity index (χ3v) is 2.76. The van der Waals surface area contributed by atoms with Gasteiger partial charge in [0.2, 0.25) is 0 Å². The Bertz CT molecular complexity index is 266. The van der Waals surface area contributed by atoms with Crippen LogP contribution in [-0.4, -0.2) is 42.5 Å². The third-order valence-electron chi connectivity index (χ3n) is 1.75. The standard InChI is InChI=1S/C12H27O6P/c1-11(2,3)15-7-9-17-19(13,14)18-10-8-16-12(4,5)6/h7-10H2,1-6H3,(H,13,14). The highest BCUT2D eigenvalue weighted by atomic mass is 31.2. The van der Waals surface area contributed by atoms with Crippen LogP contribution in [0.1, 0.15) is 41.5 Å². The summed E-state index contributed by atoms with van der Waals surface area (Å²) in [5.74, 6) is 0. The minimum absolute atomic E-state index is 0.00513. The van der Waals surface area contributed by atoms with Crippen molar-refractivity contribution in [3.05, 3.63) is 0 Å². The number of phosphoric acid groups is 1. The van der Waals surface area contributed by atoms with Crippen molar-refractivity contribution in [2.45, 2.75) is 52.7 Å². The Labute approximate surface area is 116 Å². The number of rotatable bonds is 8. The molecule has 0 aromatic carbocycles. The van der Waals surface area contributed by atoms with Gasteiger partial charge in [0, 0.05) is 0 Å². The lowest BCUT2D eigenvalue weighted by Gasteiger charge is -2.21. The van der Waals surface area contributed by atoms with Crippen LogP contribution < -0.4 is 0 Å². The second-order valence-electron chi connectivity index (χ2n) is 6.06. The fraction of sp³-hybridized carbons (Fsp3) is 1.00. The lowest BCUT2D eigenvalue weighted by molar-refractivity contribution is -0.0304. The van der Waals surface area contributed by atoms with Gasteiger partial charge in [-0.05, 0) is 41.5 Å². The first-order chi connectivity index (χ1) is 8.41. The first-order valence-electron chi connectivity index (χ1n) is 6.31. The highest BCUT2D eigenvalue weighted by Gasteiger charge is 2.21. The molecule has 116 valence electrons. The normalized spacial score (nSPS) is 13.8. The van der Waals surface area contributed by atoms with Crippen molar-refractivity contribution in [3.63, 3.8) is 0 Å². The Balaban J connectivity index is 3.72. The van der Waals surface area contributed by atoms with E-state index in [2.05, 4.69) is 0 Å². The molecule has 0 saturated carbocycles. The molecule has 19 heavy (non-hydrogen) atoms. The summed E-state index contributed by atoms with van der Waals surface area (Å²) in [4.78, 5) is 9.37. The van der Waals surface area contributed by atoms with Gasteiger partial charge in [0.15, 0.2) is 0 Å². The fourth-order valence-electron chi connectivity index (χ4n) is 1.04. The predicted octanol–water partition coefficient (Wildman–Crippen LogP) is 2.75. The van der Waals surface area contributed by atoms with E-state index in [1.165, 1.54) is 0 Å². The zero-order valence-corrected chi connectivity index (χ0v) is 13.7. The van der Waals surface area contributed by atoms with Crippen LogP contribution in [-0.2, 0) is 23.1 Å². The maximum Gasteiger partial charge on any atom is 0.472 e. The van der Waals surface area contributed by atoms with Crippen molar-refractivity contribution in [3.8, 4) is 0 Å². The maximum atomic E-state index is 11.5. The highest BCUT2D eigenvalue weighted by Crippen LogP contribution is 2.42.